The maximum absolute atomic E-state index is 14.3. The minimum absolute atomic E-state index is 0.0132. The smallest absolute Gasteiger partial charge is 0.148 e. The predicted octanol–water partition coefficient (Wildman–Crippen LogP) is 3.85. The maximum Gasteiger partial charge on any atom is 0.148 e. The van der Waals surface area contributed by atoms with Gasteiger partial charge in [0.05, 0.1) is 11.4 Å². The highest BCUT2D eigenvalue weighted by Gasteiger charge is 2.41. The van der Waals surface area contributed by atoms with Crippen LogP contribution < -0.4 is 10.0 Å². The molecule has 1 unspecified atom stereocenters. The molecule has 2 aromatic rings. The molecule has 8 heteroatoms. The minimum Gasteiger partial charge on any atom is -0.329 e. The maximum atomic E-state index is 14.3. The first kappa shape index (κ1) is 17.1. The first-order chi connectivity index (χ1) is 11.4. The molecule has 1 heterocycles. The van der Waals surface area contributed by atoms with Gasteiger partial charge in [0.2, 0.25) is 0 Å². The van der Waals surface area contributed by atoms with Crippen molar-refractivity contribution in [1.29, 1.82) is 0 Å². The summed E-state index contributed by atoms with van der Waals surface area (Å²) in [5.74, 6) is -1.05. The lowest BCUT2D eigenvalue weighted by Gasteiger charge is -2.55. The molecule has 1 aliphatic heterocycles. The molecule has 0 bridgehead atoms. The summed E-state index contributed by atoms with van der Waals surface area (Å²) < 4.78 is 52.2. The molecule has 2 aromatic carbocycles. The number of benzene rings is 2. The van der Waals surface area contributed by atoms with Crippen LogP contribution in [0.5, 0.6) is 0 Å². The van der Waals surface area contributed by atoms with Gasteiger partial charge in [0.25, 0.3) is 0 Å². The number of para-hydroxylation sites is 1. The number of hydrogen-bond acceptors (Lipinski definition) is 5. The van der Waals surface area contributed by atoms with E-state index in [0.29, 0.717) is 11.3 Å². The topological polar surface area (TPSA) is 73.0 Å². The third-order valence-corrected chi connectivity index (χ3v) is 6.05. The van der Waals surface area contributed by atoms with Crippen LogP contribution in [0.1, 0.15) is 12.5 Å². The SMILES string of the molecule is CC(CN)N1Cc2cc(F)ccc2N(c2ccccc2F)S1(O)O. The van der Waals surface area contributed by atoms with E-state index >= 15 is 0 Å². The summed E-state index contributed by atoms with van der Waals surface area (Å²) in [4.78, 5) is 0. The second-order valence-corrected chi connectivity index (χ2v) is 7.48. The molecule has 4 N–H and O–H groups in total. The largest absolute Gasteiger partial charge is 0.329 e. The Bertz CT molecular complexity index is 760. The van der Waals surface area contributed by atoms with Crippen molar-refractivity contribution in [3.8, 4) is 0 Å². The van der Waals surface area contributed by atoms with Crippen molar-refractivity contribution in [2.24, 2.45) is 5.73 Å². The van der Waals surface area contributed by atoms with Crippen LogP contribution in [-0.2, 0) is 6.54 Å². The molecule has 0 aliphatic carbocycles. The molecule has 3 rings (SSSR count). The van der Waals surface area contributed by atoms with E-state index in [1.54, 1.807) is 13.0 Å². The fraction of sp³-hybridized carbons (Fsp3) is 0.250. The van der Waals surface area contributed by atoms with Crippen molar-refractivity contribution in [2.45, 2.75) is 19.5 Å². The second kappa shape index (κ2) is 6.30. The lowest BCUT2D eigenvalue weighted by molar-refractivity contribution is 0.285. The zero-order valence-corrected chi connectivity index (χ0v) is 13.9. The zero-order valence-electron chi connectivity index (χ0n) is 13.1. The summed E-state index contributed by atoms with van der Waals surface area (Å²) in [6.07, 6.45) is 0. The Morgan fingerprint density at radius 2 is 1.88 bits per heavy atom. The number of hydrogen-bond donors (Lipinski definition) is 3. The van der Waals surface area contributed by atoms with E-state index in [2.05, 4.69) is 0 Å². The Morgan fingerprint density at radius 3 is 2.54 bits per heavy atom. The number of nitrogens with two attached hydrogens (primary N) is 1. The molecule has 1 atom stereocenters. The van der Waals surface area contributed by atoms with Crippen molar-refractivity contribution in [3.05, 3.63) is 59.7 Å². The Balaban J connectivity index is 2.22. The van der Waals surface area contributed by atoms with E-state index in [1.807, 2.05) is 0 Å². The van der Waals surface area contributed by atoms with Gasteiger partial charge in [-0.1, -0.05) is 12.1 Å². The Hall–Kier alpha value is -1.71. The van der Waals surface area contributed by atoms with Gasteiger partial charge in [0.1, 0.15) is 11.6 Å². The third-order valence-electron chi connectivity index (χ3n) is 4.05. The minimum atomic E-state index is -3.55. The predicted molar refractivity (Wildman–Crippen MR) is 91.8 cm³/mol. The number of fused-ring (bicyclic) bond motifs is 1. The quantitative estimate of drug-likeness (QED) is 0.780. The number of anilines is 2. The van der Waals surface area contributed by atoms with Gasteiger partial charge in [-0.3, -0.25) is 9.11 Å². The van der Waals surface area contributed by atoms with E-state index in [9.17, 15) is 17.9 Å². The van der Waals surface area contributed by atoms with Gasteiger partial charge >= 0.3 is 0 Å². The Labute approximate surface area is 140 Å². The van der Waals surface area contributed by atoms with Gasteiger partial charge in [0, 0.05) is 19.1 Å². The average molecular weight is 355 g/mol. The average Bonchev–Trinajstić information content (AvgIpc) is 2.54. The molecule has 24 heavy (non-hydrogen) atoms. The van der Waals surface area contributed by atoms with E-state index in [-0.39, 0.29) is 24.8 Å². The van der Waals surface area contributed by atoms with Crippen LogP contribution in [0.2, 0.25) is 0 Å². The van der Waals surface area contributed by atoms with Crippen molar-refractivity contribution in [3.63, 3.8) is 0 Å². The summed E-state index contributed by atoms with van der Waals surface area (Å²) in [6, 6.07) is 9.37. The highest BCUT2D eigenvalue weighted by molar-refractivity contribution is 8.23. The number of nitrogens with zero attached hydrogens (tertiary/aromatic N) is 2. The summed E-state index contributed by atoms with van der Waals surface area (Å²) in [7, 11) is -3.55. The molecular weight excluding hydrogens is 336 g/mol. The van der Waals surface area contributed by atoms with E-state index in [0.717, 1.165) is 4.31 Å². The van der Waals surface area contributed by atoms with Crippen LogP contribution >= 0.6 is 11.0 Å². The molecule has 0 radical (unpaired) electrons. The molecule has 0 saturated heterocycles. The molecular formula is C16H19F2N3O2S. The highest BCUT2D eigenvalue weighted by atomic mass is 32.3. The first-order valence-electron chi connectivity index (χ1n) is 7.44. The number of rotatable bonds is 3. The lowest BCUT2D eigenvalue weighted by Crippen LogP contribution is -2.48. The van der Waals surface area contributed by atoms with Crippen molar-refractivity contribution < 1.29 is 17.9 Å². The van der Waals surface area contributed by atoms with Crippen LogP contribution in [0.3, 0.4) is 0 Å². The summed E-state index contributed by atoms with van der Waals surface area (Å²) in [6.45, 7) is 2.02. The molecule has 0 saturated carbocycles. The van der Waals surface area contributed by atoms with Crippen LogP contribution in [0, 0.1) is 11.6 Å². The molecule has 130 valence electrons. The molecule has 0 fully saturated rings. The van der Waals surface area contributed by atoms with Crippen LogP contribution in [0.15, 0.2) is 42.5 Å². The Kier molecular flexibility index (Phi) is 4.50. The van der Waals surface area contributed by atoms with Gasteiger partial charge in [-0.15, -0.1) is 0 Å². The third kappa shape index (κ3) is 2.76. The summed E-state index contributed by atoms with van der Waals surface area (Å²) >= 11 is 0. The van der Waals surface area contributed by atoms with Crippen molar-refractivity contribution in [2.75, 3.05) is 10.8 Å². The van der Waals surface area contributed by atoms with Crippen LogP contribution in [-0.4, -0.2) is 26.0 Å². The van der Waals surface area contributed by atoms with E-state index < -0.39 is 22.6 Å². The van der Waals surface area contributed by atoms with E-state index in [4.69, 9.17) is 5.73 Å². The lowest BCUT2D eigenvalue weighted by atomic mass is 10.1. The van der Waals surface area contributed by atoms with Gasteiger partial charge in [-0.25, -0.2) is 13.1 Å². The van der Waals surface area contributed by atoms with Crippen molar-refractivity contribution in [1.82, 2.24) is 4.31 Å². The number of halogens is 2. The van der Waals surface area contributed by atoms with Gasteiger partial charge < -0.3 is 5.73 Å². The summed E-state index contributed by atoms with van der Waals surface area (Å²) in [5, 5.41) is 0. The van der Waals surface area contributed by atoms with Gasteiger partial charge in [-0.05, 0) is 53.8 Å². The molecule has 0 amide bonds. The van der Waals surface area contributed by atoms with Crippen LogP contribution in [0.25, 0.3) is 0 Å². The Morgan fingerprint density at radius 1 is 1.17 bits per heavy atom. The van der Waals surface area contributed by atoms with Gasteiger partial charge in [-0.2, -0.15) is 4.31 Å². The van der Waals surface area contributed by atoms with Crippen molar-refractivity contribution >= 4 is 22.3 Å². The molecule has 1 aliphatic rings. The second-order valence-electron chi connectivity index (χ2n) is 5.67. The molecule has 0 spiro atoms. The standard InChI is InChI=1S/C16H19F2N3O2S/c1-11(9-19)20-10-12-8-13(17)6-7-15(12)21(24(20,22)23)16-5-3-2-4-14(16)18/h2-8,11,22-23H,9-10,19H2,1H3. The fourth-order valence-corrected chi connectivity index (χ4v) is 4.71. The van der Waals surface area contributed by atoms with E-state index in [1.165, 1.54) is 40.7 Å². The van der Waals surface area contributed by atoms with Crippen LogP contribution in [0.4, 0.5) is 20.2 Å². The summed E-state index contributed by atoms with van der Waals surface area (Å²) in [5.41, 5.74) is 6.58. The fourth-order valence-electron chi connectivity index (χ4n) is 2.76. The normalized spacial score (nSPS) is 19.7. The monoisotopic (exact) mass is 355 g/mol. The molecule has 0 aromatic heterocycles. The zero-order chi connectivity index (χ0) is 17.5. The highest BCUT2D eigenvalue weighted by Crippen LogP contribution is 2.59. The molecule has 5 nitrogen and oxygen atoms in total. The van der Waals surface area contributed by atoms with Gasteiger partial charge in [0.15, 0.2) is 0 Å². The first-order valence-corrected chi connectivity index (χ1v) is 8.90.